The Kier molecular flexibility index (Phi) is 4.98. The van der Waals surface area contributed by atoms with Gasteiger partial charge in [-0.2, -0.15) is 5.26 Å². The van der Waals surface area contributed by atoms with Crippen LogP contribution in [0, 0.1) is 11.3 Å². The molecule has 0 saturated heterocycles. The van der Waals surface area contributed by atoms with Crippen LogP contribution in [0.25, 0.3) is 0 Å². The molecule has 0 aromatic heterocycles. The summed E-state index contributed by atoms with van der Waals surface area (Å²) in [6, 6.07) is 11.1. The maximum Gasteiger partial charge on any atom is 0.0909 e. The predicted octanol–water partition coefficient (Wildman–Crippen LogP) is 4.37. The fourth-order valence-electron chi connectivity index (χ4n) is 3.09. The number of nitrogens with zero attached hydrogens (tertiary/aromatic N) is 1. The van der Waals surface area contributed by atoms with E-state index in [1.165, 1.54) is 11.1 Å². The summed E-state index contributed by atoms with van der Waals surface area (Å²) in [5, 5.41) is 8.69. The third-order valence-corrected chi connectivity index (χ3v) is 4.56. The third-order valence-electron chi connectivity index (χ3n) is 4.56. The van der Waals surface area contributed by atoms with Crippen LogP contribution in [-0.4, -0.2) is 12.7 Å². The van der Waals surface area contributed by atoms with Crippen LogP contribution in [0.3, 0.4) is 0 Å². The van der Waals surface area contributed by atoms with Crippen LogP contribution in [0.1, 0.15) is 49.7 Å². The topological polar surface area (TPSA) is 33.0 Å². The van der Waals surface area contributed by atoms with Crippen LogP contribution in [0.2, 0.25) is 0 Å². The first-order chi connectivity index (χ1) is 9.73. The molecule has 0 atom stereocenters. The Morgan fingerprint density at radius 3 is 2.45 bits per heavy atom. The molecule has 1 saturated carbocycles. The van der Waals surface area contributed by atoms with Crippen molar-refractivity contribution >= 4 is 0 Å². The standard InChI is InChI=1S/C18H23NO/c1-3-15-5-7-16(8-6-15)17-9-12-18(20-2,13-10-17)11-4-14-19/h4-8,11,17H,3,9-10,12-13H2,1-2H3. The number of hydrogen-bond acceptors (Lipinski definition) is 2. The maximum atomic E-state index is 8.69. The second-order valence-electron chi connectivity index (χ2n) is 5.60. The Balaban J connectivity index is 2.02. The van der Waals surface area contributed by atoms with Crippen LogP contribution >= 0.6 is 0 Å². The highest BCUT2D eigenvalue weighted by molar-refractivity contribution is 5.26. The number of methoxy groups -OCH3 is 1. The lowest BCUT2D eigenvalue weighted by molar-refractivity contribution is -0.00217. The van der Waals surface area contributed by atoms with E-state index in [4.69, 9.17) is 10.00 Å². The normalized spacial score (nSPS) is 26.6. The van der Waals surface area contributed by atoms with E-state index in [1.54, 1.807) is 13.2 Å². The molecule has 0 aliphatic heterocycles. The van der Waals surface area contributed by atoms with Crippen LogP contribution in [0.15, 0.2) is 36.4 Å². The molecule has 1 fully saturated rings. The Labute approximate surface area is 122 Å². The summed E-state index contributed by atoms with van der Waals surface area (Å²) in [5.41, 5.74) is 2.61. The number of aryl methyl sites for hydroxylation is 1. The zero-order valence-electron chi connectivity index (χ0n) is 12.4. The molecule has 0 N–H and O–H groups in total. The SMILES string of the molecule is CCc1ccc(C2CCC(C=CC#N)(OC)CC2)cc1. The van der Waals surface area contributed by atoms with Crippen LogP contribution < -0.4 is 0 Å². The number of ether oxygens (including phenoxy) is 1. The molecule has 106 valence electrons. The van der Waals surface area contributed by atoms with E-state index >= 15 is 0 Å². The van der Waals surface area contributed by atoms with E-state index in [1.807, 2.05) is 6.08 Å². The number of rotatable bonds is 4. The Morgan fingerprint density at radius 1 is 1.30 bits per heavy atom. The van der Waals surface area contributed by atoms with E-state index < -0.39 is 0 Å². The molecule has 0 radical (unpaired) electrons. The lowest BCUT2D eigenvalue weighted by Crippen LogP contribution is -2.33. The summed E-state index contributed by atoms with van der Waals surface area (Å²) in [5.74, 6) is 0.625. The van der Waals surface area contributed by atoms with Gasteiger partial charge in [0.1, 0.15) is 0 Å². The number of benzene rings is 1. The minimum Gasteiger partial charge on any atom is -0.374 e. The molecular formula is C18H23NO. The molecule has 1 aromatic rings. The van der Waals surface area contributed by atoms with Crippen molar-refractivity contribution in [3.8, 4) is 6.07 Å². The van der Waals surface area contributed by atoms with Gasteiger partial charge in [-0.1, -0.05) is 31.2 Å². The Morgan fingerprint density at radius 2 is 1.95 bits per heavy atom. The average Bonchev–Trinajstić information content (AvgIpc) is 2.53. The molecule has 20 heavy (non-hydrogen) atoms. The molecule has 2 rings (SSSR count). The zero-order chi connectivity index (χ0) is 14.4. The molecule has 0 spiro atoms. The summed E-state index contributed by atoms with van der Waals surface area (Å²) in [7, 11) is 1.75. The average molecular weight is 269 g/mol. The minimum atomic E-state index is -0.227. The van der Waals surface area contributed by atoms with Gasteiger partial charge in [-0.05, 0) is 55.2 Å². The zero-order valence-corrected chi connectivity index (χ0v) is 12.4. The number of allylic oxidation sites excluding steroid dienone is 1. The van der Waals surface area contributed by atoms with Gasteiger partial charge in [0.05, 0.1) is 11.7 Å². The number of hydrogen-bond donors (Lipinski definition) is 0. The van der Waals surface area contributed by atoms with Gasteiger partial charge >= 0.3 is 0 Å². The first kappa shape index (κ1) is 14.8. The first-order valence-corrected chi connectivity index (χ1v) is 7.44. The van der Waals surface area contributed by atoms with Crippen molar-refractivity contribution in [2.24, 2.45) is 0 Å². The monoisotopic (exact) mass is 269 g/mol. The van der Waals surface area contributed by atoms with E-state index in [2.05, 4.69) is 37.3 Å². The Hall–Kier alpha value is -1.59. The van der Waals surface area contributed by atoms with E-state index in [9.17, 15) is 0 Å². The molecule has 0 unspecified atom stereocenters. The minimum absolute atomic E-state index is 0.227. The van der Waals surface area contributed by atoms with Crippen molar-refractivity contribution in [3.05, 3.63) is 47.5 Å². The number of nitriles is 1. The fourth-order valence-corrected chi connectivity index (χ4v) is 3.09. The van der Waals surface area contributed by atoms with Crippen molar-refractivity contribution in [3.63, 3.8) is 0 Å². The van der Waals surface area contributed by atoms with E-state index in [0.717, 1.165) is 32.1 Å². The van der Waals surface area contributed by atoms with Gasteiger partial charge in [0.2, 0.25) is 0 Å². The van der Waals surface area contributed by atoms with Gasteiger partial charge in [-0.3, -0.25) is 0 Å². The molecule has 1 aromatic carbocycles. The maximum absolute atomic E-state index is 8.69. The van der Waals surface area contributed by atoms with Gasteiger partial charge in [-0.15, -0.1) is 0 Å². The van der Waals surface area contributed by atoms with E-state index in [-0.39, 0.29) is 5.60 Å². The molecule has 1 aliphatic rings. The molecule has 0 heterocycles. The summed E-state index contributed by atoms with van der Waals surface area (Å²) in [6.45, 7) is 2.18. The summed E-state index contributed by atoms with van der Waals surface area (Å²) < 4.78 is 5.66. The molecule has 0 amide bonds. The second kappa shape index (κ2) is 6.72. The quantitative estimate of drug-likeness (QED) is 0.760. The van der Waals surface area contributed by atoms with E-state index in [0.29, 0.717) is 5.92 Å². The van der Waals surface area contributed by atoms with Gasteiger partial charge in [0.15, 0.2) is 0 Å². The van der Waals surface area contributed by atoms with Crippen molar-refractivity contribution in [1.82, 2.24) is 0 Å². The van der Waals surface area contributed by atoms with Crippen molar-refractivity contribution in [1.29, 1.82) is 5.26 Å². The summed E-state index contributed by atoms with van der Waals surface area (Å²) in [6.07, 6.45) is 8.80. The predicted molar refractivity (Wildman–Crippen MR) is 81.5 cm³/mol. The van der Waals surface area contributed by atoms with Gasteiger partial charge in [0, 0.05) is 13.2 Å². The lowest BCUT2D eigenvalue weighted by Gasteiger charge is -2.37. The van der Waals surface area contributed by atoms with Gasteiger partial charge in [-0.25, -0.2) is 0 Å². The largest absolute Gasteiger partial charge is 0.374 e. The molecule has 2 nitrogen and oxygen atoms in total. The Bertz CT molecular complexity index is 487. The lowest BCUT2D eigenvalue weighted by atomic mass is 9.75. The van der Waals surface area contributed by atoms with Gasteiger partial charge < -0.3 is 4.74 Å². The summed E-state index contributed by atoms with van der Waals surface area (Å²) >= 11 is 0. The first-order valence-electron chi connectivity index (χ1n) is 7.44. The van der Waals surface area contributed by atoms with Crippen molar-refractivity contribution in [2.75, 3.05) is 7.11 Å². The second-order valence-corrected chi connectivity index (χ2v) is 5.60. The van der Waals surface area contributed by atoms with Crippen molar-refractivity contribution < 1.29 is 4.74 Å². The molecule has 2 heteroatoms. The molecular weight excluding hydrogens is 246 g/mol. The van der Waals surface area contributed by atoms with Gasteiger partial charge in [0.25, 0.3) is 0 Å². The van der Waals surface area contributed by atoms with Crippen LogP contribution in [0.4, 0.5) is 0 Å². The van der Waals surface area contributed by atoms with Crippen LogP contribution in [-0.2, 0) is 11.2 Å². The highest BCUT2D eigenvalue weighted by Gasteiger charge is 2.33. The van der Waals surface area contributed by atoms with Crippen LogP contribution in [0.5, 0.6) is 0 Å². The molecule has 0 bridgehead atoms. The fraction of sp³-hybridized carbons (Fsp3) is 0.500. The third kappa shape index (κ3) is 3.29. The summed E-state index contributed by atoms with van der Waals surface area (Å²) in [4.78, 5) is 0. The van der Waals surface area contributed by atoms with Crippen molar-refractivity contribution in [2.45, 2.75) is 50.5 Å². The molecule has 1 aliphatic carbocycles. The highest BCUT2D eigenvalue weighted by Crippen LogP contribution is 2.40. The smallest absolute Gasteiger partial charge is 0.0909 e. The highest BCUT2D eigenvalue weighted by atomic mass is 16.5.